The van der Waals surface area contributed by atoms with Gasteiger partial charge in [0.25, 0.3) is 5.91 Å². The minimum absolute atomic E-state index is 0.0793. The Kier molecular flexibility index (Phi) is 6.22. The van der Waals surface area contributed by atoms with Crippen molar-refractivity contribution in [3.63, 3.8) is 0 Å². The molecule has 1 aromatic carbocycles. The Morgan fingerprint density at radius 2 is 2.14 bits per heavy atom. The summed E-state index contributed by atoms with van der Waals surface area (Å²) in [5.41, 5.74) is 2.55. The smallest absolute Gasteiger partial charge is 0.251 e. The number of furan rings is 1. The van der Waals surface area contributed by atoms with Crippen molar-refractivity contribution in [3.05, 3.63) is 48.4 Å². The van der Waals surface area contributed by atoms with Crippen molar-refractivity contribution in [2.24, 2.45) is 5.92 Å². The molecule has 1 aromatic heterocycles. The van der Waals surface area contributed by atoms with E-state index in [0.717, 1.165) is 30.4 Å². The average molecular weight is 301 g/mol. The molecular weight excluding hydrogens is 278 g/mol. The number of nitrogens with one attached hydrogen (secondary N) is 1. The highest BCUT2D eigenvalue weighted by Gasteiger charge is 2.11. The van der Waals surface area contributed by atoms with Crippen LogP contribution < -0.4 is 5.32 Å². The Balaban J connectivity index is 1.99. The van der Waals surface area contributed by atoms with E-state index >= 15 is 0 Å². The lowest BCUT2D eigenvalue weighted by Gasteiger charge is -2.15. The molecule has 2 rings (SSSR count). The molecule has 1 atom stereocenters. The number of carbonyl (C=O) groups is 1. The molecule has 2 aromatic rings. The van der Waals surface area contributed by atoms with Crippen LogP contribution in [0.15, 0.2) is 47.3 Å². The first-order chi connectivity index (χ1) is 10.7. The van der Waals surface area contributed by atoms with E-state index in [1.807, 2.05) is 24.3 Å². The first-order valence-corrected chi connectivity index (χ1v) is 7.76. The highest BCUT2D eigenvalue weighted by atomic mass is 16.3. The van der Waals surface area contributed by atoms with Crippen molar-refractivity contribution in [1.29, 1.82) is 0 Å². The van der Waals surface area contributed by atoms with Crippen LogP contribution in [0.2, 0.25) is 0 Å². The maximum Gasteiger partial charge on any atom is 0.251 e. The molecule has 1 unspecified atom stereocenters. The summed E-state index contributed by atoms with van der Waals surface area (Å²) >= 11 is 0. The predicted molar refractivity (Wildman–Crippen MR) is 86.6 cm³/mol. The topological polar surface area (TPSA) is 62.5 Å². The SMILES string of the molecule is CCCC(CCO)CNC(=O)c1cccc(-c2ccoc2)c1. The summed E-state index contributed by atoms with van der Waals surface area (Å²) in [5.74, 6) is 0.250. The van der Waals surface area contributed by atoms with Crippen LogP contribution in [0.3, 0.4) is 0 Å². The van der Waals surface area contributed by atoms with Crippen molar-refractivity contribution in [3.8, 4) is 11.1 Å². The van der Waals surface area contributed by atoms with E-state index < -0.39 is 0 Å². The van der Waals surface area contributed by atoms with Crippen LogP contribution in [0.4, 0.5) is 0 Å². The molecule has 4 nitrogen and oxygen atoms in total. The van der Waals surface area contributed by atoms with Gasteiger partial charge in [0.1, 0.15) is 0 Å². The first kappa shape index (κ1) is 16.3. The van der Waals surface area contributed by atoms with Crippen molar-refractivity contribution >= 4 is 5.91 Å². The molecule has 0 spiro atoms. The maximum absolute atomic E-state index is 12.3. The number of amides is 1. The number of benzene rings is 1. The van der Waals surface area contributed by atoms with Gasteiger partial charge in [-0.15, -0.1) is 0 Å². The monoisotopic (exact) mass is 301 g/mol. The van der Waals surface area contributed by atoms with Gasteiger partial charge in [0.2, 0.25) is 0 Å². The van der Waals surface area contributed by atoms with Crippen LogP contribution in [0.1, 0.15) is 36.5 Å². The summed E-state index contributed by atoms with van der Waals surface area (Å²) in [4.78, 5) is 12.3. The predicted octanol–water partition coefficient (Wildman–Crippen LogP) is 3.48. The van der Waals surface area contributed by atoms with Crippen molar-refractivity contribution in [2.75, 3.05) is 13.2 Å². The molecule has 118 valence electrons. The minimum atomic E-state index is -0.0793. The Labute approximate surface area is 131 Å². The molecule has 0 radical (unpaired) electrons. The Morgan fingerprint density at radius 1 is 1.27 bits per heavy atom. The van der Waals surface area contributed by atoms with Gasteiger partial charge >= 0.3 is 0 Å². The summed E-state index contributed by atoms with van der Waals surface area (Å²) < 4.78 is 5.08. The van der Waals surface area contributed by atoms with Gasteiger partial charge in [0.05, 0.1) is 12.5 Å². The van der Waals surface area contributed by atoms with E-state index in [2.05, 4.69) is 12.2 Å². The molecule has 0 saturated heterocycles. The summed E-state index contributed by atoms with van der Waals surface area (Å²) in [6, 6.07) is 9.36. The standard InChI is InChI=1S/C18H23NO3/c1-2-4-14(7-9-20)12-19-18(21)16-6-3-5-15(11-16)17-8-10-22-13-17/h3,5-6,8,10-11,13-14,20H,2,4,7,9,12H2,1H3,(H,19,21). The third-order valence-electron chi connectivity index (χ3n) is 3.76. The molecule has 22 heavy (non-hydrogen) atoms. The molecule has 0 bridgehead atoms. The summed E-state index contributed by atoms with van der Waals surface area (Å²) in [5, 5.41) is 12.0. The fraction of sp³-hybridized carbons (Fsp3) is 0.389. The van der Waals surface area contributed by atoms with E-state index in [1.54, 1.807) is 18.6 Å². The lowest BCUT2D eigenvalue weighted by atomic mass is 10.00. The fourth-order valence-corrected chi connectivity index (χ4v) is 2.55. The van der Waals surface area contributed by atoms with Crippen molar-refractivity contribution in [2.45, 2.75) is 26.2 Å². The van der Waals surface area contributed by atoms with Gasteiger partial charge in [-0.05, 0) is 42.5 Å². The second kappa shape index (κ2) is 8.39. The molecule has 0 fully saturated rings. The van der Waals surface area contributed by atoms with Crippen LogP contribution in [-0.2, 0) is 0 Å². The molecule has 4 heteroatoms. The van der Waals surface area contributed by atoms with Crippen LogP contribution in [0, 0.1) is 5.92 Å². The Morgan fingerprint density at radius 3 is 2.82 bits per heavy atom. The van der Waals surface area contributed by atoms with Gasteiger partial charge in [-0.25, -0.2) is 0 Å². The van der Waals surface area contributed by atoms with E-state index in [-0.39, 0.29) is 12.5 Å². The number of carbonyl (C=O) groups excluding carboxylic acids is 1. The molecule has 0 aliphatic heterocycles. The number of aliphatic hydroxyl groups is 1. The molecule has 1 amide bonds. The molecule has 0 saturated carbocycles. The molecule has 0 aliphatic rings. The summed E-state index contributed by atoms with van der Waals surface area (Å²) in [6.45, 7) is 2.88. The molecule has 2 N–H and O–H groups in total. The van der Waals surface area contributed by atoms with Crippen LogP contribution in [0.5, 0.6) is 0 Å². The molecule has 1 heterocycles. The third kappa shape index (κ3) is 4.46. The number of rotatable bonds is 8. The number of hydrogen-bond donors (Lipinski definition) is 2. The highest BCUT2D eigenvalue weighted by molar-refractivity contribution is 5.95. The number of aliphatic hydroxyl groups excluding tert-OH is 1. The zero-order valence-corrected chi connectivity index (χ0v) is 12.9. The molecule has 0 aliphatic carbocycles. The third-order valence-corrected chi connectivity index (χ3v) is 3.76. The van der Waals surface area contributed by atoms with Gasteiger partial charge in [0.15, 0.2) is 0 Å². The van der Waals surface area contributed by atoms with Crippen LogP contribution in [0.25, 0.3) is 11.1 Å². The maximum atomic E-state index is 12.3. The van der Waals surface area contributed by atoms with Gasteiger partial charge in [-0.3, -0.25) is 4.79 Å². The second-order valence-corrected chi connectivity index (χ2v) is 5.47. The Hall–Kier alpha value is -2.07. The lowest BCUT2D eigenvalue weighted by molar-refractivity contribution is 0.0943. The minimum Gasteiger partial charge on any atom is -0.472 e. The van der Waals surface area contributed by atoms with Gasteiger partial charge in [-0.1, -0.05) is 25.5 Å². The van der Waals surface area contributed by atoms with E-state index in [1.165, 1.54) is 0 Å². The van der Waals surface area contributed by atoms with Crippen LogP contribution >= 0.6 is 0 Å². The van der Waals surface area contributed by atoms with Gasteiger partial charge in [-0.2, -0.15) is 0 Å². The van der Waals surface area contributed by atoms with E-state index in [9.17, 15) is 4.79 Å². The van der Waals surface area contributed by atoms with Crippen molar-refractivity contribution < 1.29 is 14.3 Å². The fourth-order valence-electron chi connectivity index (χ4n) is 2.55. The van der Waals surface area contributed by atoms with Gasteiger partial charge < -0.3 is 14.8 Å². The lowest BCUT2D eigenvalue weighted by Crippen LogP contribution is -2.29. The zero-order valence-electron chi connectivity index (χ0n) is 12.9. The average Bonchev–Trinajstić information content (AvgIpc) is 3.07. The first-order valence-electron chi connectivity index (χ1n) is 7.76. The van der Waals surface area contributed by atoms with Crippen LogP contribution in [-0.4, -0.2) is 24.2 Å². The summed E-state index contributed by atoms with van der Waals surface area (Å²) in [7, 11) is 0. The highest BCUT2D eigenvalue weighted by Crippen LogP contribution is 2.20. The number of hydrogen-bond acceptors (Lipinski definition) is 3. The van der Waals surface area contributed by atoms with E-state index in [0.29, 0.717) is 18.0 Å². The largest absolute Gasteiger partial charge is 0.472 e. The van der Waals surface area contributed by atoms with Gasteiger partial charge in [0, 0.05) is 24.3 Å². The quantitative estimate of drug-likeness (QED) is 0.784. The van der Waals surface area contributed by atoms with E-state index in [4.69, 9.17) is 9.52 Å². The molecular formula is C18H23NO3. The normalized spacial score (nSPS) is 12.1. The summed E-state index contributed by atoms with van der Waals surface area (Å²) in [6.07, 6.45) is 6.07. The Bertz CT molecular complexity index is 572. The zero-order chi connectivity index (χ0) is 15.8. The van der Waals surface area contributed by atoms with Crippen molar-refractivity contribution in [1.82, 2.24) is 5.32 Å². The second-order valence-electron chi connectivity index (χ2n) is 5.47.